The summed E-state index contributed by atoms with van der Waals surface area (Å²) in [4.78, 5) is 24.2. The fraction of sp³-hybridized carbons (Fsp3) is 0.385. The minimum atomic E-state index is -0.429. The van der Waals surface area contributed by atoms with Gasteiger partial charge in [-0.3, -0.25) is 9.59 Å². The van der Waals surface area contributed by atoms with Crippen molar-refractivity contribution >= 4 is 27.8 Å². The molecule has 0 unspecified atom stereocenters. The summed E-state index contributed by atoms with van der Waals surface area (Å²) in [5, 5.41) is 0. The van der Waals surface area contributed by atoms with Crippen molar-refractivity contribution in [1.29, 1.82) is 0 Å². The number of amides is 1. The van der Waals surface area contributed by atoms with Crippen LogP contribution in [0.15, 0.2) is 28.7 Å². The molecule has 1 amide bonds. The molecule has 0 saturated heterocycles. The molecule has 1 rings (SSSR count). The lowest BCUT2D eigenvalue weighted by molar-refractivity contribution is -0.148. The zero-order valence-electron chi connectivity index (χ0n) is 10.9. The van der Waals surface area contributed by atoms with Gasteiger partial charge in [0.15, 0.2) is 6.61 Å². The largest absolute Gasteiger partial charge is 0.484 e. The first-order chi connectivity index (χ1) is 9.02. The smallest absolute Gasteiger partial charge is 0.325 e. The highest BCUT2D eigenvalue weighted by Gasteiger charge is 2.14. The Bertz CT molecular complexity index is 433. The van der Waals surface area contributed by atoms with Gasteiger partial charge in [0.2, 0.25) is 0 Å². The lowest BCUT2D eigenvalue weighted by Crippen LogP contribution is -2.36. The van der Waals surface area contributed by atoms with Gasteiger partial charge in [0.1, 0.15) is 12.3 Å². The summed E-state index contributed by atoms with van der Waals surface area (Å²) in [6.07, 6.45) is 0. The van der Waals surface area contributed by atoms with E-state index >= 15 is 0 Å². The number of nitrogens with zero attached hydrogens (tertiary/aromatic N) is 1. The number of rotatable bonds is 6. The summed E-state index contributed by atoms with van der Waals surface area (Å²) in [6, 6.07) is 7.15. The van der Waals surface area contributed by atoms with Gasteiger partial charge in [-0.1, -0.05) is 15.9 Å². The molecule has 0 spiro atoms. The molecule has 0 aliphatic heterocycles. The molecule has 0 aliphatic carbocycles. The van der Waals surface area contributed by atoms with Crippen LogP contribution in [0.25, 0.3) is 0 Å². The zero-order chi connectivity index (χ0) is 14.3. The number of halogens is 1. The summed E-state index contributed by atoms with van der Waals surface area (Å²) < 4.78 is 11.0. The minimum absolute atomic E-state index is 0.0730. The Kier molecular flexibility index (Phi) is 6.35. The molecule has 0 fully saturated rings. The average molecular weight is 330 g/mol. The van der Waals surface area contributed by atoms with E-state index in [0.717, 1.165) is 4.47 Å². The maximum absolute atomic E-state index is 11.7. The number of carbonyl (C=O) groups is 2. The maximum Gasteiger partial charge on any atom is 0.325 e. The molecule has 0 N–H and O–H groups in total. The van der Waals surface area contributed by atoms with Gasteiger partial charge < -0.3 is 14.4 Å². The Balaban J connectivity index is 2.38. The monoisotopic (exact) mass is 329 g/mol. The number of carbonyl (C=O) groups excluding carboxylic acids is 2. The van der Waals surface area contributed by atoms with Gasteiger partial charge in [-0.25, -0.2) is 0 Å². The third kappa shape index (κ3) is 5.74. The molecule has 0 heterocycles. The molecule has 5 nitrogen and oxygen atoms in total. The van der Waals surface area contributed by atoms with E-state index in [9.17, 15) is 9.59 Å². The van der Waals surface area contributed by atoms with Crippen LogP contribution in [0.2, 0.25) is 0 Å². The first-order valence-corrected chi connectivity index (χ1v) is 6.60. The van der Waals surface area contributed by atoms with E-state index < -0.39 is 5.97 Å². The van der Waals surface area contributed by atoms with E-state index in [-0.39, 0.29) is 19.1 Å². The Morgan fingerprint density at radius 2 is 1.89 bits per heavy atom. The number of hydrogen-bond donors (Lipinski definition) is 0. The lowest BCUT2D eigenvalue weighted by Gasteiger charge is -2.16. The molecule has 0 aromatic heterocycles. The molecule has 0 aliphatic rings. The third-order valence-corrected chi connectivity index (χ3v) is 2.80. The van der Waals surface area contributed by atoms with E-state index in [1.54, 1.807) is 19.1 Å². The summed E-state index contributed by atoms with van der Waals surface area (Å²) in [6.45, 7) is 1.83. The van der Waals surface area contributed by atoms with Crippen molar-refractivity contribution in [3.63, 3.8) is 0 Å². The summed E-state index contributed by atoms with van der Waals surface area (Å²) in [7, 11) is 1.53. The number of esters is 1. The number of ether oxygens (including phenoxy) is 2. The van der Waals surface area contributed by atoms with Crippen LogP contribution >= 0.6 is 15.9 Å². The summed E-state index contributed by atoms with van der Waals surface area (Å²) in [5.41, 5.74) is 0. The molecule has 1 aromatic rings. The van der Waals surface area contributed by atoms with Crippen molar-refractivity contribution in [1.82, 2.24) is 4.90 Å². The minimum Gasteiger partial charge on any atom is -0.484 e. The van der Waals surface area contributed by atoms with E-state index in [1.807, 2.05) is 12.1 Å². The molecule has 19 heavy (non-hydrogen) atoms. The molecule has 1 aromatic carbocycles. The van der Waals surface area contributed by atoms with Crippen LogP contribution in [0.4, 0.5) is 0 Å². The van der Waals surface area contributed by atoms with Crippen LogP contribution in [0.5, 0.6) is 5.75 Å². The van der Waals surface area contributed by atoms with Crippen LogP contribution in [-0.2, 0) is 14.3 Å². The van der Waals surface area contributed by atoms with Gasteiger partial charge in [0.25, 0.3) is 5.91 Å². The third-order valence-electron chi connectivity index (χ3n) is 2.27. The van der Waals surface area contributed by atoms with E-state index in [4.69, 9.17) is 9.47 Å². The van der Waals surface area contributed by atoms with Gasteiger partial charge in [-0.2, -0.15) is 0 Å². The molecule has 0 bridgehead atoms. The van der Waals surface area contributed by atoms with Gasteiger partial charge in [0.05, 0.1) is 6.61 Å². The Hall–Kier alpha value is -1.56. The van der Waals surface area contributed by atoms with Crippen LogP contribution < -0.4 is 4.74 Å². The van der Waals surface area contributed by atoms with Gasteiger partial charge in [-0.15, -0.1) is 0 Å². The molecule has 104 valence electrons. The van der Waals surface area contributed by atoms with Gasteiger partial charge >= 0.3 is 5.97 Å². The Labute approximate surface area is 120 Å². The average Bonchev–Trinajstić information content (AvgIpc) is 2.37. The van der Waals surface area contributed by atoms with Crippen molar-refractivity contribution in [3.05, 3.63) is 28.7 Å². The van der Waals surface area contributed by atoms with E-state index in [1.165, 1.54) is 11.9 Å². The van der Waals surface area contributed by atoms with Crippen molar-refractivity contribution in [2.24, 2.45) is 0 Å². The van der Waals surface area contributed by atoms with E-state index in [2.05, 4.69) is 15.9 Å². The molecule has 0 saturated carbocycles. The quantitative estimate of drug-likeness (QED) is 0.747. The normalized spacial score (nSPS) is 9.84. The second-order valence-corrected chi connectivity index (χ2v) is 4.71. The fourth-order valence-corrected chi connectivity index (χ4v) is 1.54. The topological polar surface area (TPSA) is 55.8 Å². The standard InChI is InChI=1S/C13H16BrNO4/c1-3-18-13(17)8-15(2)12(16)9-19-11-6-4-10(14)5-7-11/h4-7H,3,8-9H2,1-2H3. The predicted molar refractivity (Wildman–Crippen MR) is 73.9 cm³/mol. The van der Waals surface area contributed by atoms with Crippen LogP contribution in [0.1, 0.15) is 6.92 Å². The van der Waals surface area contributed by atoms with Crippen molar-refractivity contribution in [2.75, 3.05) is 26.8 Å². The lowest BCUT2D eigenvalue weighted by atomic mass is 10.3. The van der Waals surface area contributed by atoms with Crippen molar-refractivity contribution < 1.29 is 19.1 Å². The number of benzene rings is 1. The van der Waals surface area contributed by atoms with Crippen LogP contribution in [0, 0.1) is 0 Å². The first-order valence-electron chi connectivity index (χ1n) is 5.81. The van der Waals surface area contributed by atoms with Gasteiger partial charge in [0, 0.05) is 11.5 Å². The Morgan fingerprint density at radius 1 is 1.26 bits per heavy atom. The number of hydrogen-bond acceptors (Lipinski definition) is 4. The van der Waals surface area contributed by atoms with Crippen LogP contribution in [-0.4, -0.2) is 43.6 Å². The highest BCUT2D eigenvalue weighted by molar-refractivity contribution is 9.10. The molecular weight excluding hydrogens is 314 g/mol. The zero-order valence-corrected chi connectivity index (χ0v) is 12.5. The summed E-state index contributed by atoms with van der Waals surface area (Å²) >= 11 is 3.31. The molecule has 6 heteroatoms. The molecular formula is C13H16BrNO4. The van der Waals surface area contributed by atoms with Crippen LogP contribution in [0.3, 0.4) is 0 Å². The summed E-state index contributed by atoms with van der Waals surface area (Å²) in [5.74, 6) is -0.112. The highest BCUT2D eigenvalue weighted by atomic mass is 79.9. The van der Waals surface area contributed by atoms with E-state index in [0.29, 0.717) is 12.4 Å². The highest BCUT2D eigenvalue weighted by Crippen LogP contribution is 2.15. The second kappa shape index (κ2) is 7.78. The predicted octanol–water partition coefficient (Wildman–Crippen LogP) is 1.85. The maximum atomic E-state index is 11.7. The van der Waals surface area contributed by atoms with Crippen molar-refractivity contribution in [2.45, 2.75) is 6.92 Å². The van der Waals surface area contributed by atoms with Crippen molar-refractivity contribution in [3.8, 4) is 5.75 Å². The fourth-order valence-electron chi connectivity index (χ4n) is 1.27. The Morgan fingerprint density at radius 3 is 2.47 bits per heavy atom. The molecule has 0 radical (unpaired) electrons. The van der Waals surface area contributed by atoms with Gasteiger partial charge in [-0.05, 0) is 31.2 Å². The SMILES string of the molecule is CCOC(=O)CN(C)C(=O)COc1ccc(Br)cc1. The second-order valence-electron chi connectivity index (χ2n) is 3.80. The molecule has 0 atom stereocenters. The first kappa shape index (κ1) is 15.5. The number of likely N-dealkylation sites (N-methyl/N-ethyl adjacent to an activating group) is 1.